The summed E-state index contributed by atoms with van der Waals surface area (Å²) < 4.78 is 55.4. The number of carbonyl (C=O) groups is 3. The van der Waals surface area contributed by atoms with Crippen molar-refractivity contribution in [2.45, 2.75) is 95.8 Å². The van der Waals surface area contributed by atoms with E-state index in [1.165, 1.54) is 17.6 Å². The normalized spacial score (nSPS) is 16.9. The summed E-state index contributed by atoms with van der Waals surface area (Å²) in [7, 11) is -0.455. The van der Waals surface area contributed by atoms with E-state index in [0.717, 1.165) is 19.2 Å². The molecule has 3 atom stereocenters. The second-order valence-corrected chi connectivity index (χ2v) is 20.6. The first-order chi connectivity index (χ1) is 25.9. The zero-order chi connectivity index (χ0) is 40.7. The number of fused-ring (bicyclic) bond motifs is 4. The first-order valence-electron chi connectivity index (χ1n) is 17.7. The minimum Gasteiger partial charge on any atom is -0.480 e. The van der Waals surface area contributed by atoms with Gasteiger partial charge in [-0.15, -0.1) is 0 Å². The maximum atomic E-state index is 14.4. The van der Waals surface area contributed by atoms with Crippen LogP contribution >= 0.6 is 11.6 Å². The highest BCUT2D eigenvalue weighted by molar-refractivity contribution is 6.76. The number of benzene rings is 2. The fourth-order valence-corrected chi connectivity index (χ4v) is 7.35. The zero-order valence-corrected chi connectivity index (χ0v) is 33.1. The molecule has 0 saturated heterocycles. The number of aliphatic hydroxyl groups excluding tert-OH is 1. The molecule has 2 amide bonds. The van der Waals surface area contributed by atoms with E-state index in [0.29, 0.717) is 29.4 Å². The standard InChI is InChI=1S/C37H46ClF3N6O7Si/c1-22-17-25(44-36(52)53-2)19-28-31(22)32-29(20-42)46(21-54-15-16-55(3,4)5)33(45-32)26(43-14-13-30(48)23-9-8-10-24(38)18-23)11-6-7-12-27(34(49)50)47(28)35(51)37(39,40)41/h8-10,17-19,26-27,30,43,48H,6-7,11-16,21H2,1-5H3,(H,44,52)(H,49,50)/t26-,27+,30+/m0/s1. The highest BCUT2D eigenvalue weighted by Crippen LogP contribution is 2.42. The largest absolute Gasteiger partial charge is 0.480 e. The van der Waals surface area contributed by atoms with Gasteiger partial charge in [0.1, 0.15) is 36.1 Å². The number of aryl methyl sites for hydroxylation is 1. The SMILES string of the molecule is COC(=O)Nc1cc(C)c2c(c1)N(C(=O)C(F)(F)F)[C@@H](C(=O)O)CCCC[C@H](NCC[C@@H](O)c1cccc(Cl)c1)c1nc-2c(C#N)n1COCC[Si](C)(C)C. The van der Waals surface area contributed by atoms with Crippen molar-refractivity contribution in [3.05, 3.63) is 64.1 Å². The predicted octanol–water partition coefficient (Wildman–Crippen LogP) is 7.55. The quantitative estimate of drug-likeness (QED) is 0.106. The number of carboxylic acids is 1. The van der Waals surface area contributed by atoms with Crippen molar-refractivity contribution in [1.82, 2.24) is 14.9 Å². The Labute approximate surface area is 323 Å². The van der Waals surface area contributed by atoms with Gasteiger partial charge in [-0.25, -0.2) is 14.6 Å². The van der Waals surface area contributed by atoms with Crippen LogP contribution in [0.5, 0.6) is 0 Å². The Bertz CT molecular complexity index is 1910. The number of carbonyl (C=O) groups excluding carboxylic acids is 2. The third kappa shape index (κ3) is 11.1. The van der Waals surface area contributed by atoms with E-state index in [4.69, 9.17) is 21.3 Å². The fourth-order valence-electron chi connectivity index (χ4n) is 6.40. The first kappa shape index (κ1) is 43.3. The molecule has 4 N–H and O–H groups in total. The molecule has 18 heteroatoms. The number of hydrogen-bond acceptors (Lipinski definition) is 9. The first-order valence-corrected chi connectivity index (χ1v) is 21.8. The highest BCUT2D eigenvalue weighted by atomic mass is 35.5. The molecule has 55 heavy (non-hydrogen) atoms. The lowest BCUT2D eigenvalue weighted by molar-refractivity contribution is -0.171. The number of hydrogen-bond donors (Lipinski definition) is 4. The number of nitrogens with zero attached hydrogens (tertiary/aromatic N) is 4. The molecule has 0 fully saturated rings. The van der Waals surface area contributed by atoms with Crippen LogP contribution in [0.4, 0.5) is 29.3 Å². The molecule has 0 unspecified atom stereocenters. The number of imidazole rings is 1. The third-order valence-corrected chi connectivity index (χ3v) is 11.1. The van der Waals surface area contributed by atoms with E-state index in [2.05, 4.69) is 41.1 Å². The summed E-state index contributed by atoms with van der Waals surface area (Å²) in [6, 6.07) is 9.63. The van der Waals surface area contributed by atoms with E-state index < -0.39 is 56.1 Å². The van der Waals surface area contributed by atoms with E-state index in [1.807, 2.05) is 0 Å². The van der Waals surface area contributed by atoms with Crippen LogP contribution in [0.15, 0.2) is 36.4 Å². The van der Waals surface area contributed by atoms with E-state index in [9.17, 15) is 43.0 Å². The predicted molar refractivity (Wildman–Crippen MR) is 202 cm³/mol. The number of rotatable bonds is 12. The second kappa shape index (κ2) is 18.4. The van der Waals surface area contributed by atoms with Gasteiger partial charge in [-0.2, -0.15) is 18.4 Å². The summed E-state index contributed by atoms with van der Waals surface area (Å²) in [6.45, 7) is 8.51. The van der Waals surface area contributed by atoms with Gasteiger partial charge in [0.2, 0.25) is 0 Å². The molecule has 0 radical (unpaired) electrons. The molecular formula is C37H46ClF3N6O7Si. The van der Waals surface area contributed by atoms with Gasteiger partial charge in [0.25, 0.3) is 0 Å². The average Bonchev–Trinajstić information content (AvgIpc) is 3.46. The number of aliphatic carboxylic acids is 1. The molecule has 1 aromatic heterocycles. The fraction of sp³-hybridized carbons (Fsp3) is 0.486. The zero-order valence-electron chi connectivity index (χ0n) is 31.3. The van der Waals surface area contributed by atoms with Crippen LogP contribution < -0.4 is 15.5 Å². The molecule has 1 aliphatic rings. The molecule has 1 aliphatic heterocycles. The van der Waals surface area contributed by atoms with Gasteiger partial charge in [-0.05, 0) is 74.2 Å². The van der Waals surface area contributed by atoms with Crippen molar-refractivity contribution < 1.29 is 47.2 Å². The molecule has 0 spiro atoms. The number of methoxy groups -OCH3 is 1. The van der Waals surface area contributed by atoms with Gasteiger partial charge in [-0.3, -0.25) is 19.6 Å². The Morgan fingerprint density at radius 1 is 1.16 bits per heavy atom. The Morgan fingerprint density at radius 2 is 1.87 bits per heavy atom. The van der Waals surface area contributed by atoms with Crippen LogP contribution in [0.1, 0.15) is 66.9 Å². The smallest absolute Gasteiger partial charge is 0.471 e. The van der Waals surface area contributed by atoms with Crippen molar-refractivity contribution >= 4 is 49.0 Å². The molecule has 0 saturated carbocycles. The number of aromatic nitrogens is 2. The van der Waals surface area contributed by atoms with Crippen molar-refractivity contribution in [2.75, 3.05) is 30.5 Å². The topological polar surface area (TPSA) is 179 Å². The lowest BCUT2D eigenvalue weighted by Gasteiger charge is -2.32. The average molecular weight is 807 g/mol. The van der Waals surface area contributed by atoms with Gasteiger partial charge < -0.3 is 25.0 Å². The summed E-state index contributed by atoms with van der Waals surface area (Å²) in [5.74, 6) is -3.81. The second-order valence-electron chi connectivity index (χ2n) is 14.5. The van der Waals surface area contributed by atoms with E-state index in [1.54, 1.807) is 24.3 Å². The molecule has 3 aromatic rings. The minimum atomic E-state index is -5.50. The summed E-state index contributed by atoms with van der Waals surface area (Å²) in [4.78, 5) is 43.3. The Hall–Kier alpha value is -4.47. The number of nitrogens with one attached hydrogen (secondary N) is 2. The summed E-state index contributed by atoms with van der Waals surface area (Å²) >= 11 is 6.13. The van der Waals surface area contributed by atoms with Gasteiger partial charge in [0.15, 0.2) is 0 Å². The monoisotopic (exact) mass is 806 g/mol. The number of aliphatic hydroxyl groups is 1. The van der Waals surface area contributed by atoms with Crippen LogP contribution in [-0.2, 0) is 25.8 Å². The molecule has 2 heterocycles. The van der Waals surface area contributed by atoms with Gasteiger partial charge >= 0.3 is 24.1 Å². The van der Waals surface area contributed by atoms with Crippen molar-refractivity contribution in [3.63, 3.8) is 0 Å². The maximum absolute atomic E-state index is 14.4. The van der Waals surface area contributed by atoms with Crippen LogP contribution in [0.3, 0.4) is 0 Å². The van der Waals surface area contributed by atoms with Crippen LogP contribution in [0, 0.1) is 18.3 Å². The molecule has 298 valence electrons. The van der Waals surface area contributed by atoms with Gasteiger partial charge in [0, 0.05) is 31.0 Å². The van der Waals surface area contributed by atoms with Crippen molar-refractivity contribution in [2.24, 2.45) is 0 Å². The Morgan fingerprint density at radius 3 is 2.49 bits per heavy atom. The molecule has 4 rings (SSSR count). The lowest BCUT2D eigenvalue weighted by atomic mass is 9.96. The molecule has 2 aromatic carbocycles. The number of halogens is 4. The number of ether oxygens (including phenoxy) is 2. The Balaban J connectivity index is 1.95. The molecule has 13 nitrogen and oxygen atoms in total. The van der Waals surface area contributed by atoms with Crippen LogP contribution in [0.2, 0.25) is 30.7 Å². The van der Waals surface area contributed by atoms with Crippen molar-refractivity contribution in [3.8, 4) is 17.3 Å². The molecular weight excluding hydrogens is 761 g/mol. The van der Waals surface area contributed by atoms with Gasteiger partial charge in [-0.1, -0.05) is 56.2 Å². The Kier molecular flexibility index (Phi) is 14.5. The van der Waals surface area contributed by atoms with Crippen molar-refractivity contribution in [1.29, 1.82) is 5.26 Å². The van der Waals surface area contributed by atoms with Crippen LogP contribution in [-0.4, -0.2) is 78.3 Å². The number of amides is 2. The number of nitriles is 1. The number of carboxylic acid groups (broad SMARTS) is 1. The third-order valence-electron chi connectivity index (χ3n) is 9.19. The molecule has 2 bridgehead atoms. The van der Waals surface area contributed by atoms with Gasteiger partial charge in [0.05, 0.1) is 24.9 Å². The number of alkyl halides is 3. The molecule has 0 aliphatic carbocycles. The van der Waals surface area contributed by atoms with E-state index >= 15 is 0 Å². The summed E-state index contributed by atoms with van der Waals surface area (Å²) in [5.41, 5.74) is -0.158. The number of anilines is 2. The summed E-state index contributed by atoms with van der Waals surface area (Å²) in [6.07, 6.45) is -6.77. The minimum absolute atomic E-state index is 0.0850. The van der Waals surface area contributed by atoms with E-state index in [-0.39, 0.29) is 72.1 Å². The maximum Gasteiger partial charge on any atom is 0.471 e. The summed E-state index contributed by atoms with van der Waals surface area (Å²) in [5, 5.41) is 38.2. The highest BCUT2D eigenvalue weighted by Gasteiger charge is 2.48. The van der Waals surface area contributed by atoms with Crippen LogP contribution in [0.25, 0.3) is 11.3 Å². The lowest BCUT2D eigenvalue weighted by Crippen LogP contribution is -2.51.